The van der Waals surface area contributed by atoms with Crippen molar-refractivity contribution in [3.05, 3.63) is 106 Å². The van der Waals surface area contributed by atoms with Gasteiger partial charge < -0.3 is 0 Å². The highest BCUT2D eigenvalue weighted by Crippen LogP contribution is 2.16. The fourth-order valence-electron chi connectivity index (χ4n) is 2.60. The average Bonchev–Trinajstić information content (AvgIpc) is 2.68. The maximum atomic E-state index is 12.4. The van der Waals surface area contributed by atoms with E-state index in [0.29, 0.717) is 6.54 Å². The molecule has 1 aromatic heterocycles. The molecule has 3 aromatic rings. The van der Waals surface area contributed by atoms with E-state index in [0.717, 1.165) is 22.2 Å². The summed E-state index contributed by atoms with van der Waals surface area (Å²) in [6.07, 6.45) is 8.20. The van der Waals surface area contributed by atoms with Gasteiger partial charge in [-0.15, -0.1) is 0 Å². The molecule has 0 aliphatic heterocycles. The topological polar surface area (TPSA) is 34.9 Å². The third-order valence-corrected chi connectivity index (χ3v) is 4.85. The molecule has 0 aliphatic carbocycles. The lowest BCUT2D eigenvalue weighted by Gasteiger charge is -2.09. The summed E-state index contributed by atoms with van der Waals surface area (Å²) in [7, 11) is 0. The number of hydrogen-bond donors (Lipinski definition) is 0. The molecule has 0 saturated heterocycles. The van der Waals surface area contributed by atoms with E-state index in [4.69, 9.17) is 0 Å². The minimum atomic E-state index is -0.0187. The van der Waals surface area contributed by atoms with E-state index in [1.54, 1.807) is 22.4 Å². The normalized spacial score (nSPS) is 11.4. The lowest BCUT2D eigenvalue weighted by atomic mass is 10.2. The zero-order valence-electron chi connectivity index (χ0n) is 15.3. The van der Waals surface area contributed by atoms with E-state index >= 15 is 0 Å². The van der Waals surface area contributed by atoms with Crippen LogP contribution in [0.5, 0.6) is 0 Å². The van der Waals surface area contributed by atoms with Gasteiger partial charge in [0, 0.05) is 24.1 Å². The highest BCUT2D eigenvalue weighted by atomic mass is 32.2. The van der Waals surface area contributed by atoms with Gasteiger partial charge in [-0.25, -0.2) is 4.98 Å². The van der Waals surface area contributed by atoms with E-state index < -0.39 is 0 Å². The van der Waals surface area contributed by atoms with Crippen molar-refractivity contribution in [3.63, 3.8) is 0 Å². The van der Waals surface area contributed by atoms with Crippen LogP contribution in [-0.4, -0.2) is 15.3 Å². The number of benzene rings is 2. The SMILES string of the molecule is Cc1cc(=O)n(C/C=C/c2ccccc2)c(SC/C=C/c2ccccc2)n1. The van der Waals surface area contributed by atoms with Crippen LogP contribution >= 0.6 is 11.8 Å². The predicted octanol–water partition coefficient (Wildman–Crippen LogP) is 5.07. The first-order valence-corrected chi connectivity index (χ1v) is 9.85. The third kappa shape index (κ3) is 5.83. The van der Waals surface area contributed by atoms with Gasteiger partial charge in [-0.2, -0.15) is 0 Å². The maximum absolute atomic E-state index is 12.4. The summed E-state index contributed by atoms with van der Waals surface area (Å²) in [4.78, 5) is 17.0. The Bertz CT molecular complexity index is 976. The standard InChI is InChI=1S/C23H22N2OS/c1-19-18-22(26)25(16-8-14-20-10-4-2-5-11-20)23(24-19)27-17-9-15-21-12-6-3-7-13-21/h2-15,18H,16-17H2,1H3/b14-8+,15-9+. The number of hydrogen-bond acceptors (Lipinski definition) is 3. The first-order chi connectivity index (χ1) is 13.2. The van der Waals surface area contributed by atoms with Gasteiger partial charge in [-0.1, -0.05) is 96.7 Å². The van der Waals surface area contributed by atoms with Crippen LogP contribution in [-0.2, 0) is 6.54 Å². The molecule has 0 N–H and O–H groups in total. The van der Waals surface area contributed by atoms with E-state index in [1.807, 2.05) is 67.6 Å². The van der Waals surface area contributed by atoms with Crippen LogP contribution < -0.4 is 5.56 Å². The Hall–Kier alpha value is -2.85. The minimum Gasteiger partial charge on any atom is -0.284 e. The second-order valence-electron chi connectivity index (χ2n) is 6.07. The molecule has 4 heteroatoms. The Kier molecular flexibility index (Phi) is 6.83. The van der Waals surface area contributed by atoms with Crippen molar-refractivity contribution in [2.45, 2.75) is 18.6 Å². The Balaban J connectivity index is 1.69. The molecule has 0 atom stereocenters. The summed E-state index contributed by atoms with van der Waals surface area (Å²) in [6, 6.07) is 21.8. The number of rotatable bonds is 7. The maximum Gasteiger partial charge on any atom is 0.254 e. The summed E-state index contributed by atoms with van der Waals surface area (Å²) in [5, 5.41) is 0.746. The van der Waals surface area contributed by atoms with Gasteiger partial charge in [0.05, 0.1) is 0 Å². The molecular weight excluding hydrogens is 352 g/mol. The van der Waals surface area contributed by atoms with E-state index in [1.165, 1.54) is 5.56 Å². The molecule has 3 rings (SSSR count). The van der Waals surface area contributed by atoms with Crippen molar-refractivity contribution >= 4 is 23.9 Å². The Morgan fingerprint density at radius 2 is 1.52 bits per heavy atom. The number of allylic oxidation sites excluding steroid dienone is 1. The third-order valence-electron chi connectivity index (χ3n) is 3.92. The van der Waals surface area contributed by atoms with Crippen molar-refractivity contribution in [2.24, 2.45) is 0 Å². The number of thioether (sulfide) groups is 1. The van der Waals surface area contributed by atoms with Crippen LogP contribution in [0.4, 0.5) is 0 Å². The number of nitrogens with zero attached hydrogens (tertiary/aromatic N) is 2. The molecule has 0 amide bonds. The molecule has 1 heterocycles. The molecule has 0 bridgehead atoms. The molecule has 0 aliphatic rings. The largest absolute Gasteiger partial charge is 0.284 e. The molecule has 27 heavy (non-hydrogen) atoms. The zero-order valence-corrected chi connectivity index (χ0v) is 16.1. The van der Waals surface area contributed by atoms with E-state index in [-0.39, 0.29) is 5.56 Å². The van der Waals surface area contributed by atoms with Crippen molar-refractivity contribution in [1.29, 1.82) is 0 Å². The lowest BCUT2D eigenvalue weighted by molar-refractivity contribution is 0.651. The Morgan fingerprint density at radius 1 is 0.926 bits per heavy atom. The monoisotopic (exact) mass is 374 g/mol. The van der Waals surface area contributed by atoms with Crippen molar-refractivity contribution in [1.82, 2.24) is 9.55 Å². The Morgan fingerprint density at radius 3 is 2.15 bits per heavy atom. The van der Waals surface area contributed by atoms with Crippen LogP contribution in [0.1, 0.15) is 16.8 Å². The quantitative estimate of drug-likeness (QED) is 0.428. The fourth-order valence-corrected chi connectivity index (χ4v) is 3.47. The van der Waals surface area contributed by atoms with Gasteiger partial charge in [0.15, 0.2) is 5.16 Å². The molecule has 0 saturated carbocycles. The summed E-state index contributed by atoms with van der Waals surface area (Å²) in [5.74, 6) is 0.757. The van der Waals surface area contributed by atoms with Crippen molar-refractivity contribution in [2.75, 3.05) is 5.75 Å². The smallest absolute Gasteiger partial charge is 0.254 e. The van der Waals surface area contributed by atoms with Crippen LogP contribution in [0.25, 0.3) is 12.2 Å². The first kappa shape index (κ1) is 18.9. The van der Waals surface area contributed by atoms with Crippen molar-refractivity contribution < 1.29 is 0 Å². The van der Waals surface area contributed by atoms with Gasteiger partial charge in [0.2, 0.25) is 0 Å². The van der Waals surface area contributed by atoms with Gasteiger partial charge >= 0.3 is 0 Å². The molecule has 3 nitrogen and oxygen atoms in total. The highest BCUT2D eigenvalue weighted by Gasteiger charge is 2.06. The molecule has 0 fully saturated rings. The molecule has 0 unspecified atom stereocenters. The molecular formula is C23H22N2OS. The summed E-state index contributed by atoms with van der Waals surface area (Å²) >= 11 is 1.57. The van der Waals surface area contributed by atoms with Crippen LogP contribution in [0, 0.1) is 6.92 Å². The summed E-state index contributed by atoms with van der Waals surface area (Å²) in [6.45, 7) is 2.36. The van der Waals surface area contributed by atoms with Crippen LogP contribution in [0.3, 0.4) is 0 Å². The van der Waals surface area contributed by atoms with Gasteiger partial charge in [-0.3, -0.25) is 9.36 Å². The molecule has 0 spiro atoms. The second-order valence-corrected chi connectivity index (χ2v) is 7.05. The molecule has 136 valence electrons. The van der Waals surface area contributed by atoms with E-state index in [2.05, 4.69) is 29.3 Å². The van der Waals surface area contributed by atoms with Gasteiger partial charge in [0.1, 0.15) is 0 Å². The summed E-state index contributed by atoms with van der Waals surface area (Å²) < 4.78 is 1.72. The van der Waals surface area contributed by atoms with Gasteiger partial charge in [-0.05, 0) is 18.1 Å². The molecule has 2 aromatic carbocycles. The second kappa shape index (κ2) is 9.74. The number of aromatic nitrogens is 2. The van der Waals surface area contributed by atoms with Crippen LogP contribution in [0.2, 0.25) is 0 Å². The highest BCUT2D eigenvalue weighted by molar-refractivity contribution is 7.99. The zero-order chi connectivity index (χ0) is 18.9. The summed E-state index contributed by atoms with van der Waals surface area (Å²) in [5.41, 5.74) is 3.01. The average molecular weight is 375 g/mol. The Labute approximate surface area is 164 Å². The molecule has 0 radical (unpaired) electrons. The lowest BCUT2D eigenvalue weighted by Crippen LogP contribution is -2.22. The minimum absolute atomic E-state index is 0.0187. The van der Waals surface area contributed by atoms with Crippen LogP contribution in [0.15, 0.2) is 88.8 Å². The van der Waals surface area contributed by atoms with Crippen molar-refractivity contribution in [3.8, 4) is 0 Å². The first-order valence-electron chi connectivity index (χ1n) is 8.87. The number of aryl methyl sites for hydroxylation is 1. The fraction of sp³-hybridized carbons (Fsp3) is 0.130. The van der Waals surface area contributed by atoms with E-state index in [9.17, 15) is 4.79 Å². The predicted molar refractivity (Wildman–Crippen MR) is 115 cm³/mol. The van der Waals surface area contributed by atoms with Gasteiger partial charge in [0.25, 0.3) is 5.56 Å².